The summed E-state index contributed by atoms with van der Waals surface area (Å²) in [4.78, 5) is 11.1. The minimum absolute atomic E-state index is 0.0699. The van der Waals surface area contributed by atoms with Crippen LogP contribution in [0.2, 0.25) is 0 Å². The standard InChI is InChI=1S/C13H12BrFN2O3S/c1-21(19,20)5-4-17-7-10(8-18)13(16-17)9-2-3-12(15)11(14)6-9/h2-3,6-8H,4-5H2,1H3. The monoisotopic (exact) mass is 374 g/mol. The molecule has 0 bridgehead atoms. The molecule has 1 aromatic carbocycles. The normalized spacial score (nSPS) is 11.6. The van der Waals surface area contributed by atoms with Gasteiger partial charge in [0.2, 0.25) is 0 Å². The Labute approximate surface area is 129 Å². The first kappa shape index (κ1) is 15.8. The van der Waals surface area contributed by atoms with Crippen molar-refractivity contribution in [1.82, 2.24) is 9.78 Å². The highest BCUT2D eigenvalue weighted by Gasteiger charge is 2.13. The lowest BCUT2D eigenvalue weighted by atomic mass is 10.1. The molecule has 0 atom stereocenters. The summed E-state index contributed by atoms with van der Waals surface area (Å²) in [5.74, 6) is -0.484. The number of halogens is 2. The lowest BCUT2D eigenvalue weighted by Crippen LogP contribution is -2.11. The van der Waals surface area contributed by atoms with Crippen LogP contribution in [-0.2, 0) is 16.4 Å². The van der Waals surface area contributed by atoms with Crippen LogP contribution in [0.1, 0.15) is 10.4 Å². The summed E-state index contributed by atoms with van der Waals surface area (Å²) in [5.41, 5.74) is 1.28. The maximum atomic E-state index is 13.2. The van der Waals surface area contributed by atoms with Gasteiger partial charge in [0, 0.05) is 18.0 Å². The molecule has 0 aliphatic rings. The maximum absolute atomic E-state index is 13.2. The molecule has 0 aliphatic heterocycles. The molecule has 0 saturated heterocycles. The average Bonchev–Trinajstić information content (AvgIpc) is 2.82. The quantitative estimate of drug-likeness (QED) is 0.753. The molecular weight excluding hydrogens is 363 g/mol. The van der Waals surface area contributed by atoms with Crippen LogP contribution in [0.3, 0.4) is 0 Å². The molecule has 0 N–H and O–H groups in total. The molecule has 0 radical (unpaired) electrons. The molecule has 0 aliphatic carbocycles. The van der Waals surface area contributed by atoms with Gasteiger partial charge >= 0.3 is 0 Å². The minimum Gasteiger partial charge on any atom is -0.298 e. The molecule has 0 saturated carbocycles. The highest BCUT2D eigenvalue weighted by molar-refractivity contribution is 9.10. The zero-order valence-corrected chi connectivity index (χ0v) is 13.5. The van der Waals surface area contributed by atoms with E-state index < -0.39 is 15.7 Å². The van der Waals surface area contributed by atoms with E-state index in [-0.39, 0.29) is 16.8 Å². The molecule has 8 heteroatoms. The average molecular weight is 375 g/mol. The lowest BCUT2D eigenvalue weighted by molar-refractivity contribution is 0.112. The van der Waals surface area contributed by atoms with Crippen molar-refractivity contribution in [3.05, 3.63) is 40.2 Å². The van der Waals surface area contributed by atoms with E-state index in [1.165, 1.54) is 29.1 Å². The summed E-state index contributed by atoms with van der Waals surface area (Å²) in [6, 6.07) is 4.30. The Balaban J connectivity index is 2.37. The molecule has 0 unspecified atom stereocenters. The van der Waals surface area contributed by atoms with Gasteiger partial charge in [0.25, 0.3) is 0 Å². The van der Waals surface area contributed by atoms with Gasteiger partial charge in [-0.05, 0) is 34.1 Å². The molecule has 0 spiro atoms. The van der Waals surface area contributed by atoms with E-state index in [1.54, 1.807) is 0 Å². The number of benzene rings is 1. The maximum Gasteiger partial charge on any atom is 0.153 e. The first-order valence-corrected chi connectivity index (χ1v) is 8.81. The molecular formula is C13H12BrFN2O3S. The number of sulfone groups is 1. The van der Waals surface area contributed by atoms with E-state index in [4.69, 9.17) is 0 Å². The Morgan fingerprint density at radius 2 is 2.14 bits per heavy atom. The number of aryl methyl sites for hydroxylation is 1. The Bertz CT molecular complexity index is 787. The van der Waals surface area contributed by atoms with Crippen LogP contribution < -0.4 is 0 Å². The van der Waals surface area contributed by atoms with Gasteiger partial charge in [-0.15, -0.1) is 0 Å². The lowest BCUT2D eigenvalue weighted by Gasteiger charge is -2.01. The Morgan fingerprint density at radius 3 is 2.71 bits per heavy atom. The number of rotatable bonds is 5. The third-order valence-electron chi connectivity index (χ3n) is 2.80. The fraction of sp³-hybridized carbons (Fsp3) is 0.231. The predicted octanol–water partition coefficient (Wildman–Crippen LogP) is 2.31. The van der Waals surface area contributed by atoms with Crippen molar-refractivity contribution >= 4 is 32.1 Å². The van der Waals surface area contributed by atoms with Gasteiger partial charge in [0.05, 0.1) is 22.3 Å². The van der Waals surface area contributed by atoms with Crippen molar-refractivity contribution in [2.45, 2.75) is 6.54 Å². The summed E-state index contributed by atoms with van der Waals surface area (Å²) in [5, 5.41) is 4.20. The number of nitrogens with zero attached hydrogens (tertiary/aromatic N) is 2. The third kappa shape index (κ3) is 3.98. The number of carbonyl (C=O) groups is 1. The largest absolute Gasteiger partial charge is 0.298 e. The van der Waals surface area contributed by atoms with Gasteiger partial charge in [-0.1, -0.05) is 0 Å². The third-order valence-corrected chi connectivity index (χ3v) is 4.33. The molecule has 2 rings (SSSR count). The topological polar surface area (TPSA) is 69.0 Å². The van der Waals surface area contributed by atoms with Crippen molar-refractivity contribution in [2.24, 2.45) is 0 Å². The number of hydrogen-bond donors (Lipinski definition) is 0. The minimum atomic E-state index is -3.12. The van der Waals surface area contributed by atoms with Gasteiger partial charge in [0.1, 0.15) is 21.3 Å². The van der Waals surface area contributed by atoms with Crippen LogP contribution in [0, 0.1) is 5.82 Å². The highest BCUT2D eigenvalue weighted by atomic mass is 79.9. The summed E-state index contributed by atoms with van der Waals surface area (Å²) < 4.78 is 37.2. The van der Waals surface area contributed by atoms with Crippen LogP contribution in [0.4, 0.5) is 4.39 Å². The number of carbonyl (C=O) groups excluding carboxylic acids is 1. The summed E-state index contributed by atoms with van der Waals surface area (Å²) in [7, 11) is -3.12. The second-order valence-corrected chi connectivity index (χ2v) is 7.69. The van der Waals surface area contributed by atoms with Crippen LogP contribution in [-0.4, -0.2) is 36.5 Å². The summed E-state index contributed by atoms with van der Waals surface area (Å²) >= 11 is 3.08. The number of hydrogen-bond acceptors (Lipinski definition) is 4. The Hall–Kier alpha value is -1.54. The van der Waals surface area contributed by atoms with Gasteiger partial charge < -0.3 is 0 Å². The van der Waals surface area contributed by atoms with Crippen LogP contribution in [0.15, 0.2) is 28.9 Å². The number of aldehydes is 1. The van der Waals surface area contributed by atoms with Crippen molar-refractivity contribution in [3.63, 3.8) is 0 Å². The van der Waals surface area contributed by atoms with E-state index in [0.29, 0.717) is 23.1 Å². The second-order valence-electron chi connectivity index (χ2n) is 4.57. The van der Waals surface area contributed by atoms with Gasteiger partial charge in [-0.2, -0.15) is 5.10 Å². The van der Waals surface area contributed by atoms with E-state index in [1.807, 2.05) is 0 Å². The number of aromatic nitrogens is 2. The first-order chi connectivity index (χ1) is 9.80. The summed E-state index contributed by atoms with van der Waals surface area (Å²) in [6.45, 7) is 0.155. The molecule has 112 valence electrons. The summed E-state index contributed by atoms with van der Waals surface area (Å²) in [6.07, 6.45) is 3.25. The van der Waals surface area contributed by atoms with E-state index in [2.05, 4.69) is 21.0 Å². The molecule has 0 amide bonds. The molecule has 1 heterocycles. The molecule has 2 aromatic rings. The predicted molar refractivity (Wildman–Crippen MR) is 80.4 cm³/mol. The van der Waals surface area contributed by atoms with E-state index in [0.717, 1.165) is 6.26 Å². The van der Waals surface area contributed by atoms with Crippen LogP contribution in [0.25, 0.3) is 11.3 Å². The molecule has 21 heavy (non-hydrogen) atoms. The van der Waals surface area contributed by atoms with Crippen molar-refractivity contribution in [3.8, 4) is 11.3 Å². The fourth-order valence-electron chi connectivity index (χ4n) is 1.76. The Kier molecular flexibility index (Phi) is 4.58. The van der Waals surface area contributed by atoms with Crippen LogP contribution in [0.5, 0.6) is 0 Å². The van der Waals surface area contributed by atoms with Crippen LogP contribution >= 0.6 is 15.9 Å². The van der Waals surface area contributed by atoms with E-state index in [9.17, 15) is 17.6 Å². The zero-order chi connectivity index (χ0) is 15.6. The van der Waals surface area contributed by atoms with E-state index >= 15 is 0 Å². The fourth-order valence-corrected chi connectivity index (χ4v) is 2.66. The second kappa shape index (κ2) is 6.07. The molecule has 0 fully saturated rings. The highest BCUT2D eigenvalue weighted by Crippen LogP contribution is 2.26. The molecule has 5 nitrogen and oxygen atoms in total. The molecule has 1 aromatic heterocycles. The zero-order valence-electron chi connectivity index (χ0n) is 11.1. The first-order valence-electron chi connectivity index (χ1n) is 5.96. The van der Waals surface area contributed by atoms with Crippen molar-refractivity contribution < 1.29 is 17.6 Å². The van der Waals surface area contributed by atoms with Crippen molar-refractivity contribution in [2.75, 3.05) is 12.0 Å². The van der Waals surface area contributed by atoms with Crippen molar-refractivity contribution in [1.29, 1.82) is 0 Å². The van der Waals surface area contributed by atoms with Gasteiger partial charge in [-0.3, -0.25) is 9.48 Å². The smallest absolute Gasteiger partial charge is 0.153 e. The van der Waals surface area contributed by atoms with Gasteiger partial charge in [0.15, 0.2) is 6.29 Å². The Morgan fingerprint density at radius 1 is 1.43 bits per heavy atom. The SMILES string of the molecule is CS(=O)(=O)CCn1cc(C=O)c(-c2ccc(F)c(Br)c2)n1. The van der Waals surface area contributed by atoms with Gasteiger partial charge in [-0.25, -0.2) is 12.8 Å².